The molecule has 2 nitrogen and oxygen atoms in total. The van der Waals surface area contributed by atoms with Crippen LogP contribution >= 0.6 is 11.8 Å². The van der Waals surface area contributed by atoms with Crippen LogP contribution in [0.5, 0.6) is 0 Å². The van der Waals surface area contributed by atoms with Gasteiger partial charge in [-0.1, -0.05) is 6.07 Å². The summed E-state index contributed by atoms with van der Waals surface area (Å²) in [5.41, 5.74) is 7.02. The number of hydrogen-bond acceptors (Lipinski definition) is 3. The Morgan fingerprint density at radius 1 is 1.58 bits per heavy atom. The molecule has 1 aliphatic heterocycles. The van der Waals surface area contributed by atoms with Crippen LogP contribution in [0.2, 0.25) is 0 Å². The van der Waals surface area contributed by atoms with Gasteiger partial charge in [0.15, 0.2) is 0 Å². The summed E-state index contributed by atoms with van der Waals surface area (Å²) in [5.74, 6) is 3.82. The van der Waals surface area contributed by atoms with E-state index in [4.69, 9.17) is 5.73 Å². The van der Waals surface area contributed by atoms with Gasteiger partial charge in [-0.2, -0.15) is 11.8 Å². The van der Waals surface area contributed by atoms with Crippen LogP contribution in [0.4, 0.5) is 5.82 Å². The lowest BCUT2D eigenvalue weighted by Crippen LogP contribution is -2.02. The van der Waals surface area contributed by atoms with Crippen molar-refractivity contribution < 1.29 is 0 Å². The zero-order valence-corrected chi connectivity index (χ0v) is 7.68. The molecule has 1 fully saturated rings. The Morgan fingerprint density at radius 2 is 2.50 bits per heavy atom. The first-order valence-electron chi connectivity index (χ1n) is 4.16. The van der Waals surface area contributed by atoms with Crippen molar-refractivity contribution in [2.75, 3.05) is 17.2 Å². The SMILES string of the molecule is Nc1ncccc1C1CCSC1. The molecule has 1 unspecified atom stereocenters. The fourth-order valence-electron chi connectivity index (χ4n) is 1.55. The number of nitrogens with zero attached hydrogens (tertiary/aromatic N) is 1. The molecule has 12 heavy (non-hydrogen) atoms. The summed E-state index contributed by atoms with van der Waals surface area (Å²) < 4.78 is 0. The molecule has 0 aliphatic carbocycles. The first-order chi connectivity index (χ1) is 5.88. The van der Waals surface area contributed by atoms with Gasteiger partial charge < -0.3 is 5.73 Å². The predicted molar refractivity (Wildman–Crippen MR) is 53.3 cm³/mol. The molecule has 2 heterocycles. The summed E-state index contributed by atoms with van der Waals surface area (Å²) in [6.45, 7) is 0. The molecular weight excluding hydrogens is 168 g/mol. The lowest BCUT2D eigenvalue weighted by Gasteiger charge is -2.09. The van der Waals surface area contributed by atoms with Crippen molar-refractivity contribution in [2.24, 2.45) is 0 Å². The van der Waals surface area contributed by atoms with Crippen LogP contribution in [0.3, 0.4) is 0 Å². The second-order valence-corrected chi connectivity index (χ2v) is 4.19. The van der Waals surface area contributed by atoms with Crippen molar-refractivity contribution in [3.8, 4) is 0 Å². The Balaban J connectivity index is 2.26. The zero-order valence-electron chi connectivity index (χ0n) is 6.86. The smallest absolute Gasteiger partial charge is 0.126 e. The van der Waals surface area contributed by atoms with Crippen molar-refractivity contribution >= 4 is 17.6 Å². The lowest BCUT2D eigenvalue weighted by atomic mass is 10.00. The fourth-order valence-corrected chi connectivity index (χ4v) is 2.80. The van der Waals surface area contributed by atoms with Gasteiger partial charge in [-0.05, 0) is 29.7 Å². The molecule has 3 heteroatoms. The van der Waals surface area contributed by atoms with Gasteiger partial charge in [-0.25, -0.2) is 4.98 Å². The quantitative estimate of drug-likeness (QED) is 0.717. The number of rotatable bonds is 1. The Kier molecular flexibility index (Phi) is 2.21. The minimum Gasteiger partial charge on any atom is -0.383 e. The normalized spacial score (nSPS) is 22.8. The number of nitrogen functional groups attached to an aromatic ring is 1. The zero-order chi connectivity index (χ0) is 8.39. The average Bonchev–Trinajstić information content (AvgIpc) is 2.57. The third-order valence-corrected chi connectivity index (χ3v) is 3.40. The van der Waals surface area contributed by atoms with Gasteiger partial charge in [0.1, 0.15) is 5.82 Å². The van der Waals surface area contributed by atoms with Crippen molar-refractivity contribution in [3.05, 3.63) is 23.9 Å². The number of pyridine rings is 1. The molecule has 0 amide bonds. The van der Waals surface area contributed by atoms with E-state index in [2.05, 4.69) is 11.1 Å². The second kappa shape index (κ2) is 3.35. The highest BCUT2D eigenvalue weighted by atomic mass is 32.2. The summed E-state index contributed by atoms with van der Waals surface area (Å²) in [4.78, 5) is 4.09. The first kappa shape index (κ1) is 7.92. The average molecular weight is 180 g/mol. The molecule has 1 aromatic rings. The molecule has 1 aliphatic rings. The van der Waals surface area contributed by atoms with Crippen LogP contribution in [0.25, 0.3) is 0 Å². The maximum atomic E-state index is 5.78. The molecule has 64 valence electrons. The third-order valence-electron chi connectivity index (χ3n) is 2.24. The van der Waals surface area contributed by atoms with Crippen LogP contribution in [0.15, 0.2) is 18.3 Å². The highest BCUT2D eigenvalue weighted by molar-refractivity contribution is 7.99. The maximum Gasteiger partial charge on any atom is 0.126 e. The van der Waals surface area contributed by atoms with E-state index in [0.717, 1.165) is 0 Å². The summed E-state index contributed by atoms with van der Waals surface area (Å²) in [6.07, 6.45) is 3.00. The van der Waals surface area contributed by atoms with Gasteiger partial charge in [0.05, 0.1) is 0 Å². The minimum absolute atomic E-state index is 0.642. The standard InChI is InChI=1S/C9H12N2S/c10-9-8(2-1-4-11-9)7-3-5-12-6-7/h1-2,4,7H,3,5-6H2,(H2,10,11). The molecule has 1 aromatic heterocycles. The molecule has 2 rings (SSSR count). The Labute approximate surface area is 76.6 Å². The third kappa shape index (κ3) is 1.41. The molecule has 0 radical (unpaired) electrons. The second-order valence-electron chi connectivity index (χ2n) is 3.04. The number of anilines is 1. The van der Waals surface area contributed by atoms with E-state index in [1.165, 1.54) is 23.5 Å². The van der Waals surface area contributed by atoms with E-state index in [1.807, 2.05) is 17.8 Å². The van der Waals surface area contributed by atoms with E-state index in [0.29, 0.717) is 11.7 Å². The van der Waals surface area contributed by atoms with Crippen molar-refractivity contribution in [1.29, 1.82) is 0 Å². The van der Waals surface area contributed by atoms with Gasteiger partial charge in [0, 0.05) is 11.9 Å². The van der Waals surface area contributed by atoms with E-state index in [-0.39, 0.29) is 0 Å². The number of nitrogens with two attached hydrogens (primary N) is 1. The summed E-state index contributed by atoms with van der Waals surface area (Å²) in [5, 5.41) is 0. The highest BCUT2D eigenvalue weighted by Gasteiger charge is 2.19. The fraction of sp³-hybridized carbons (Fsp3) is 0.444. The molecule has 2 N–H and O–H groups in total. The van der Waals surface area contributed by atoms with Gasteiger partial charge in [-0.15, -0.1) is 0 Å². The molecule has 0 bridgehead atoms. The predicted octanol–water partition coefficient (Wildman–Crippen LogP) is 1.88. The largest absolute Gasteiger partial charge is 0.383 e. The molecule has 1 atom stereocenters. The number of hydrogen-bond donors (Lipinski definition) is 1. The van der Waals surface area contributed by atoms with Crippen LogP contribution in [0.1, 0.15) is 17.9 Å². The molecule has 0 saturated carbocycles. The van der Waals surface area contributed by atoms with Crippen LogP contribution in [-0.4, -0.2) is 16.5 Å². The van der Waals surface area contributed by atoms with Crippen molar-refractivity contribution in [1.82, 2.24) is 4.98 Å². The Hall–Kier alpha value is -0.700. The van der Waals surface area contributed by atoms with Crippen LogP contribution in [-0.2, 0) is 0 Å². The lowest BCUT2D eigenvalue weighted by molar-refractivity contribution is 0.781. The van der Waals surface area contributed by atoms with E-state index in [9.17, 15) is 0 Å². The summed E-state index contributed by atoms with van der Waals surface area (Å²) in [6, 6.07) is 4.06. The Morgan fingerprint density at radius 3 is 3.17 bits per heavy atom. The molecular formula is C9H12N2S. The van der Waals surface area contributed by atoms with E-state index in [1.54, 1.807) is 6.20 Å². The topological polar surface area (TPSA) is 38.9 Å². The van der Waals surface area contributed by atoms with E-state index >= 15 is 0 Å². The van der Waals surface area contributed by atoms with Crippen molar-refractivity contribution in [3.63, 3.8) is 0 Å². The Bertz CT molecular complexity index is 269. The number of thioether (sulfide) groups is 1. The maximum absolute atomic E-state index is 5.78. The van der Waals surface area contributed by atoms with Crippen LogP contribution < -0.4 is 5.73 Å². The number of aromatic nitrogens is 1. The van der Waals surface area contributed by atoms with Crippen LogP contribution in [0, 0.1) is 0 Å². The van der Waals surface area contributed by atoms with Crippen molar-refractivity contribution in [2.45, 2.75) is 12.3 Å². The summed E-state index contributed by atoms with van der Waals surface area (Å²) in [7, 11) is 0. The van der Waals surface area contributed by atoms with Gasteiger partial charge in [-0.3, -0.25) is 0 Å². The monoisotopic (exact) mass is 180 g/mol. The molecule has 0 spiro atoms. The first-order valence-corrected chi connectivity index (χ1v) is 5.31. The highest BCUT2D eigenvalue weighted by Crippen LogP contribution is 2.34. The molecule has 1 saturated heterocycles. The molecule has 0 aromatic carbocycles. The summed E-state index contributed by atoms with van der Waals surface area (Å²) >= 11 is 2.00. The van der Waals surface area contributed by atoms with Gasteiger partial charge in [0.2, 0.25) is 0 Å². The minimum atomic E-state index is 0.642. The van der Waals surface area contributed by atoms with E-state index < -0.39 is 0 Å². The van der Waals surface area contributed by atoms with Gasteiger partial charge in [0.25, 0.3) is 0 Å². The van der Waals surface area contributed by atoms with Gasteiger partial charge >= 0.3 is 0 Å².